The molecule has 2 aromatic carbocycles. The lowest BCUT2D eigenvalue weighted by atomic mass is 10.1. The van der Waals surface area contributed by atoms with Crippen molar-refractivity contribution in [3.8, 4) is 22.9 Å². The van der Waals surface area contributed by atoms with E-state index in [1.165, 1.54) is 17.5 Å². The Balaban J connectivity index is 1.17. The largest absolute Gasteiger partial charge is 0.454 e. The van der Waals surface area contributed by atoms with Gasteiger partial charge in [-0.3, -0.25) is 9.69 Å². The van der Waals surface area contributed by atoms with Crippen molar-refractivity contribution in [2.24, 2.45) is 0 Å². The molecule has 182 valence electrons. The third-order valence-electron chi connectivity index (χ3n) is 7.38. The molecule has 1 aromatic heterocycles. The van der Waals surface area contributed by atoms with E-state index in [-0.39, 0.29) is 5.91 Å². The van der Waals surface area contributed by atoms with E-state index < -0.39 is 0 Å². The average molecular weight is 473 g/mol. The Bertz CT molecular complexity index is 1230. The van der Waals surface area contributed by atoms with Crippen LogP contribution in [0.4, 0.5) is 0 Å². The standard InChI is InChI=1S/C28H32N4O3/c1-20-6-9-22(10-7-20)27-29-26(23-5-3-2-4-12-32(23)27)28(33)31-15-13-30(14-16-31)18-21-8-11-24-25(17-21)35-19-34-24/h6-11,17H,2-5,12-16,18-19H2,1H3. The second-order valence-electron chi connectivity index (χ2n) is 9.81. The number of benzene rings is 2. The first-order chi connectivity index (χ1) is 17.2. The number of aryl methyl sites for hydroxylation is 1. The molecule has 0 unspecified atom stereocenters. The van der Waals surface area contributed by atoms with Gasteiger partial charge in [0.1, 0.15) is 11.5 Å². The molecule has 0 radical (unpaired) electrons. The van der Waals surface area contributed by atoms with Gasteiger partial charge >= 0.3 is 0 Å². The minimum Gasteiger partial charge on any atom is -0.454 e. The first kappa shape index (κ1) is 22.2. The number of amides is 1. The van der Waals surface area contributed by atoms with E-state index >= 15 is 0 Å². The number of carbonyl (C=O) groups is 1. The van der Waals surface area contributed by atoms with Crippen molar-refractivity contribution in [3.05, 3.63) is 65.0 Å². The number of hydrogen-bond donors (Lipinski definition) is 0. The van der Waals surface area contributed by atoms with Crippen molar-refractivity contribution in [2.45, 2.75) is 45.7 Å². The Morgan fingerprint density at radius 3 is 2.54 bits per heavy atom. The highest BCUT2D eigenvalue weighted by Gasteiger charge is 2.29. The summed E-state index contributed by atoms with van der Waals surface area (Å²) in [5.41, 5.74) is 5.30. The van der Waals surface area contributed by atoms with E-state index in [1.807, 2.05) is 11.0 Å². The first-order valence-corrected chi connectivity index (χ1v) is 12.7. The van der Waals surface area contributed by atoms with E-state index in [2.05, 4.69) is 52.8 Å². The first-order valence-electron chi connectivity index (χ1n) is 12.7. The molecule has 1 saturated heterocycles. The highest BCUT2D eigenvalue weighted by atomic mass is 16.7. The number of nitrogens with zero attached hydrogens (tertiary/aromatic N) is 4. The molecule has 0 atom stereocenters. The highest BCUT2D eigenvalue weighted by Crippen LogP contribution is 2.33. The maximum absolute atomic E-state index is 13.7. The van der Waals surface area contributed by atoms with Crippen LogP contribution in [0.25, 0.3) is 11.4 Å². The van der Waals surface area contributed by atoms with Crippen LogP contribution >= 0.6 is 0 Å². The number of aromatic nitrogens is 2. The number of fused-ring (bicyclic) bond motifs is 2. The summed E-state index contributed by atoms with van der Waals surface area (Å²) in [6.07, 6.45) is 4.36. The molecule has 0 saturated carbocycles. The smallest absolute Gasteiger partial charge is 0.274 e. The molecule has 7 heteroatoms. The van der Waals surface area contributed by atoms with Gasteiger partial charge in [-0.05, 0) is 43.9 Å². The molecular formula is C28H32N4O3. The van der Waals surface area contributed by atoms with Gasteiger partial charge in [0.25, 0.3) is 5.91 Å². The summed E-state index contributed by atoms with van der Waals surface area (Å²) < 4.78 is 13.2. The molecule has 0 bridgehead atoms. The third-order valence-corrected chi connectivity index (χ3v) is 7.38. The summed E-state index contributed by atoms with van der Waals surface area (Å²) in [5.74, 6) is 2.65. The molecule has 35 heavy (non-hydrogen) atoms. The van der Waals surface area contributed by atoms with E-state index in [1.54, 1.807) is 0 Å². The van der Waals surface area contributed by atoms with Crippen molar-refractivity contribution in [1.29, 1.82) is 0 Å². The van der Waals surface area contributed by atoms with E-state index in [0.717, 1.165) is 87.1 Å². The van der Waals surface area contributed by atoms with Crippen LogP contribution in [0.15, 0.2) is 42.5 Å². The lowest BCUT2D eigenvalue weighted by Gasteiger charge is -2.34. The molecule has 3 aliphatic heterocycles. The van der Waals surface area contributed by atoms with Gasteiger partial charge < -0.3 is 18.9 Å². The number of piperazine rings is 1. The van der Waals surface area contributed by atoms with Crippen LogP contribution < -0.4 is 9.47 Å². The van der Waals surface area contributed by atoms with Gasteiger partial charge in [0.15, 0.2) is 11.5 Å². The minimum absolute atomic E-state index is 0.0803. The minimum atomic E-state index is 0.0803. The molecule has 3 aromatic rings. The zero-order valence-corrected chi connectivity index (χ0v) is 20.3. The summed E-state index contributed by atoms with van der Waals surface area (Å²) >= 11 is 0. The molecule has 0 aliphatic carbocycles. The van der Waals surface area contributed by atoms with Crippen LogP contribution in [0.2, 0.25) is 0 Å². The van der Waals surface area contributed by atoms with Crippen molar-refractivity contribution in [3.63, 3.8) is 0 Å². The van der Waals surface area contributed by atoms with Crippen LogP contribution in [0.3, 0.4) is 0 Å². The molecule has 1 fully saturated rings. The quantitative estimate of drug-likeness (QED) is 0.568. The predicted octanol–water partition coefficient (Wildman–Crippen LogP) is 4.27. The van der Waals surface area contributed by atoms with Gasteiger partial charge in [-0.25, -0.2) is 4.98 Å². The van der Waals surface area contributed by atoms with Gasteiger partial charge in [0.2, 0.25) is 6.79 Å². The molecule has 7 nitrogen and oxygen atoms in total. The van der Waals surface area contributed by atoms with Gasteiger partial charge in [-0.2, -0.15) is 0 Å². The highest BCUT2D eigenvalue weighted by molar-refractivity contribution is 5.94. The van der Waals surface area contributed by atoms with Gasteiger partial charge in [0, 0.05) is 44.8 Å². The Morgan fingerprint density at radius 1 is 0.914 bits per heavy atom. The Hall–Kier alpha value is -3.32. The number of rotatable bonds is 4. The fourth-order valence-electron chi connectivity index (χ4n) is 5.37. The van der Waals surface area contributed by atoms with E-state index in [4.69, 9.17) is 14.5 Å². The van der Waals surface area contributed by atoms with Crippen LogP contribution in [-0.2, 0) is 19.5 Å². The molecule has 0 N–H and O–H groups in total. The molecule has 0 spiro atoms. The van der Waals surface area contributed by atoms with Crippen molar-refractivity contribution in [1.82, 2.24) is 19.4 Å². The van der Waals surface area contributed by atoms with Crippen LogP contribution in [0.1, 0.15) is 46.6 Å². The van der Waals surface area contributed by atoms with Crippen LogP contribution in [0.5, 0.6) is 11.5 Å². The number of imidazole rings is 1. The summed E-state index contributed by atoms with van der Waals surface area (Å²) in [5, 5.41) is 0. The van der Waals surface area contributed by atoms with Gasteiger partial charge in [0.05, 0.1) is 5.69 Å². The number of hydrogen-bond acceptors (Lipinski definition) is 5. The monoisotopic (exact) mass is 472 g/mol. The number of carbonyl (C=O) groups excluding carboxylic acids is 1. The number of ether oxygens (including phenoxy) is 2. The Morgan fingerprint density at radius 2 is 1.71 bits per heavy atom. The van der Waals surface area contributed by atoms with Crippen molar-refractivity contribution >= 4 is 5.91 Å². The van der Waals surface area contributed by atoms with Crippen molar-refractivity contribution in [2.75, 3.05) is 33.0 Å². The molecule has 4 heterocycles. The molecule has 3 aliphatic rings. The second-order valence-corrected chi connectivity index (χ2v) is 9.81. The lowest BCUT2D eigenvalue weighted by molar-refractivity contribution is 0.0622. The third kappa shape index (κ3) is 4.41. The SMILES string of the molecule is Cc1ccc(-c2nc(C(=O)N3CCN(Cc4ccc5c(c4)OCO5)CC3)c3n2CCCCC3)cc1. The zero-order valence-electron chi connectivity index (χ0n) is 20.3. The summed E-state index contributed by atoms with van der Waals surface area (Å²) in [4.78, 5) is 23.0. The summed E-state index contributed by atoms with van der Waals surface area (Å²) in [7, 11) is 0. The lowest BCUT2D eigenvalue weighted by Crippen LogP contribution is -2.48. The fourth-order valence-corrected chi connectivity index (χ4v) is 5.37. The molecule has 1 amide bonds. The zero-order chi connectivity index (χ0) is 23.8. The maximum Gasteiger partial charge on any atom is 0.274 e. The summed E-state index contributed by atoms with van der Waals surface area (Å²) in [6, 6.07) is 14.6. The normalized spacial score (nSPS) is 17.8. The van der Waals surface area contributed by atoms with Crippen LogP contribution in [-0.4, -0.2) is 58.2 Å². The average Bonchev–Trinajstić information content (AvgIpc) is 3.41. The molecule has 6 rings (SSSR count). The summed E-state index contributed by atoms with van der Waals surface area (Å²) in [6.45, 7) is 7.30. The van der Waals surface area contributed by atoms with E-state index in [9.17, 15) is 4.79 Å². The van der Waals surface area contributed by atoms with Crippen LogP contribution in [0, 0.1) is 6.92 Å². The predicted molar refractivity (Wildman–Crippen MR) is 134 cm³/mol. The topological polar surface area (TPSA) is 59.8 Å². The maximum atomic E-state index is 13.7. The van der Waals surface area contributed by atoms with Gasteiger partial charge in [-0.1, -0.05) is 42.3 Å². The Kier molecular flexibility index (Phi) is 5.94. The molecular weight excluding hydrogens is 440 g/mol. The van der Waals surface area contributed by atoms with Gasteiger partial charge in [-0.15, -0.1) is 0 Å². The fraction of sp³-hybridized carbons (Fsp3) is 0.429. The second kappa shape index (κ2) is 9.38. The van der Waals surface area contributed by atoms with Crippen molar-refractivity contribution < 1.29 is 14.3 Å². The Labute approximate surface area is 206 Å². The van der Waals surface area contributed by atoms with E-state index in [0.29, 0.717) is 12.5 Å².